The summed E-state index contributed by atoms with van der Waals surface area (Å²) in [6.45, 7) is 2.18. The molecule has 5 nitrogen and oxygen atoms in total. The highest BCUT2D eigenvalue weighted by Gasteiger charge is 2.19. The first kappa shape index (κ1) is 13.0. The molecule has 0 N–H and O–H groups in total. The molecule has 1 aromatic rings. The molecule has 17 heavy (non-hydrogen) atoms. The van der Waals surface area contributed by atoms with Crippen molar-refractivity contribution in [2.45, 2.75) is 13.0 Å². The Bertz CT molecular complexity index is 374. The van der Waals surface area contributed by atoms with Gasteiger partial charge in [0.2, 0.25) is 0 Å². The van der Waals surface area contributed by atoms with E-state index in [4.69, 9.17) is 0 Å². The quantitative estimate of drug-likeness (QED) is 0.700. The fraction of sp³-hybridized carbons (Fsp3) is 0.333. The molecule has 0 aromatic heterocycles. The molecule has 1 saturated heterocycles. The van der Waals surface area contributed by atoms with Gasteiger partial charge in [-0.2, -0.15) is 0 Å². The van der Waals surface area contributed by atoms with Gasteiger partial charge < -0.3 is 14.2 Å². The van der Waals surface area contributed by atoms with Gasteiger partial charge in [-0.1, -0.05) is 18.2 Å². The molecule has 0 saturated carbocycles. The summed E-state index contributed by atoms with van der Waals surface area (Å²) in [4.78, 5) is 20.8. The lowest BCUT2D eigenvalue weighted by Gasteiger charge is -1.95. The third kappa shape index (κ3) is 4.55. The van der Waals surface area contributed by atoms with Crippen molar-refractivity contribution >= 4 is 12.1 Å². The molecule has 0 spiro atoms. The lowest BCUT2D eigenvalue weighted by Crippen LogP contribution is -2.01. The fourth-order valence-corrected chi connectivity index (χ4v) is 1.11. The Morgan fingerprint density at radius 3 is 2.35 bits per heavy atom. The summed E-state index contributed by atoms with van der Waals surface area (Å²) < 4.78 is 13.4. The van der Waals surface area contributed by atoms with Crippen molar-refractivity contribution in [3.63, 3.8) is 0 Å². The second kappa shape index (κ2) is 6.52. The van der Waals surface area contributed by atoms with Gasteiger partial charge in [0.1, 0.15) is 12.7 Å². The van der Waals surface area contributed by atoms with E-state index in [0.29, 0.717) is 12.2 Å². The van der Waals surface area contributed by atoms with E-state index >= 15 is 0 Å². The van der Waals surface area contributed by atoms with E-state index in [9.17, 15) is 9.59 Å². The van der Waals surface area contributed by atoms with Gasteiger partial charge in [0.25, 0.3) is 0 Å². The number of esters is 1. The third-order valence-corrected chi connectivity index (χ3v) is 1.93. The van der Waals surface area contributed by atoms with Crippen molar-refractivity contribution in [2.24, 2.45) is 0 Å². The predicted octanol–water partition coefficient (Wildman–Crippen LogP) is 2.01. The second-order valence-corrected chi connectivity index (χ2v) is 3.35. The van der Waals surface area contributed by atoms with E-state index in [0.717, 1.165) is 0 Å². The SMILES string of the molecule is CC1COC(=O)O1.COC(=O)c1ccccc1. The van der Waals surface area contributed by atoms with Crippen LogP contribution in [0.3, 0.4) is 0 Å². The summed E-state index contributed by atoms with van der Waals surface area (Å²) in [5, 5.41) is 0. The molecule has 1 aliphatic rings. The van der Waals surface area contributed by atoms with Crippen LogP contribution >= 0.6 is 0 Å². The maximum Gasteiger partial charge on any atom is 0.508 e. The molecule has 0 bridgehead atoms. The second-order valence-electron chi connectivity index (χ2n) is 3.35. The van der Waals surface area contributed by atoms with Crippen LogP contribution in [-0.2, 0) is 14.2 Å². The molecule has 5 heteroatoms. The molecular formula is C12H14O5. The molecule has 1 unspecified atom stereocenters. The Kier molecular flexibility index (Phi) is 5.00. The smallest absolute Gasteiger partial charge is 0.465 e. The van der Waals surface area contributed by atoms with E-state index in [-0.39, 0.29) is 12.1 Å². The Labute approximate surface area is 99.3 Å². The van der Waals surface area contributed by atoms with Crippen LogP contribution in [0, 0.1) is 0 Å². The van der Waals surface area contributed by atoms with E-state index in [1.807, 2.05) is 6.07 Å². The lowest BCUT2D eigenvalue weighted by molar-refractivity contribution is 0.0600. The average molecular weight is 238 g/mol. The van der Waals surface area contributed by atoms with Crippen molar-refractivity contribution in [3.8, 4) is 0 Å². The van der Waals surface area contributed by atoms with Gasteiger partial charge in [-0.05, 0) is 19.1 Å². The first-order valence-corrected chi connectivity index (χ1v) is 5.10. The fourth-order valence-electron chi connectivity index (χ4n) is 1.11. The van der Waals surface area contributed by atoms with Crippen molar-refractivity contribution in [3.05, 3.63) is 35.9 Å². The van der Waals surface area contributed by atoms with Gasteiger partial charge in [0.15, 0.2) is 0 Å². The number of methoxy groups -OCH3 is 1. The summed E-state index contributed by atoms with van der Waals surface area (Å²) in [5.74, 6) is -0.291. The van der Waals surface area contributed by atoms with Crippen LogP contribution in [-0.4, -0.2) is 31.9 Å². The van der Waals surface area contributed by atoms with Gasteiger partial charge in [-0.3, -0.25) is 0 Å². The third-order valence-electron chi connectivity index (χ3n) is 1.93. The number of benzene rings is 1. The zero-order valence-corrected chi connectivity index (χ0v) is 9.71. The van der Waals surface area contributed by atoms with Crippen LogP contribution in [0.2, 0.25) is 0 Å². The summed E-state index contributed by atoms with van der Waals surface area (Å²) >= 11 is 0. The highest BCUT2D eigenvalue weighted by Crippen LogP contribution is 2.03. The minimum absolute atomic E-state index is 0.0486. The number of ether oxygens (including phenoxy) is 3. The Hall–Kier alpha value is -2.04. The molecule has 1 heterocycles. The normalized spacial score (nSPS) is 17.3. The molecule has 0 radical (unpaired) electrons. The molecule has 2 rings (SSSR count). The largest absolute Gasteiger partial charge is 0.508 e. The predicted molar refractivity (Wildman–Crippen MR) is 59.7 cm³/mol. The zero-order chi connectivity index (χ0) is 12.7. The standard InChI is InChI=1S/C8H8O2.C4H6O3/c1-10-8(9)7-5-3-2-4-6-7;1-3-2-6-4(5)7-3/h2-6H,1H3;3H,2H2,1H3. The van der Waals surface area contributed by atoms with Crippen LogP contribution in [0.15, 0.2) is 30.3 Å². The molecule has 1 atom stereocenters. The topological polar surface area (TPSA) is 61.8 Å². The Morgan fingerprint density at radius 1 is 1.35 bits per heavy atom. The first-order chi connectivity index (χ1) is 8.13. The summed E-state index contributed by atoms with van der Waals surface area (Å²) in [7, 11) is 1.37. The molecule has 92 valence electrons. The molecule has 0 amide bonds. The maximum atomic E-state index is 10.8. The van der Waals surface area contributed by atoms with E-state index in [1.165, 1.54) is 7.11 Å². The Morgan fingerprint density at radius 2 is 2.00 bits per heavy atom. The van der Waals surface area contributed by atoms with E-state index in [1.54, 1.807) is 31.2 Å². The van der Waals surface area contributed by atoms with Gasteiger partial charge in [0.05, 0.1) is 12.7 Å². The number of carbonyl (C=O) groups is 2. The van der Waals surface area contributed by atoms with E-state index in [2.05, 4.69) is 14.2 Å². The van der Waals surface area contributed by atoms with E-state index < -0.39 is 6.16 Å². The van der Waals surface area contributed by atoms with Crippen LogP contribution in [0.5, 0.6) is 0 Å². The molecule has 1 fully saturated rings. The molecule has 1 aliphatic heterocycles. The number of carbonyl (C=O) groups excluding carboxylic acids is 2. The maximum absolute atomic E-state index is 10.8. The van der Waals surface area contributed by atoms with Crippen molar-refractivity contribution < 1.29 is 23.8 Å². The highest BCUT2D eigenvalue weighted by atomic mass is 16.8. The van der Waals surface area contributed by atoms with Crippen LogP contribution in [0.25, 0.3) is 0 Å². The summed E-state index contributed by atoms with van der Waals surface area (Å²) in [6.07, 6.45) is -0.597. The van der Waals surface area contributed by atoms with Crippen molar-refractivity contribution in [1.29, 1.82) is 0 Å². The first-order valence-electron chi connectivity index (χ1n) is 5.10. The number of cyclic esters (lactones) is 2. The van der Waals surface area contributed by atoms with Crippen molar-refractivity contribution in [1.82, 2.24) is 0 Å². The van der Waals surface area contributed by atoms with Gasteiger partial charge >= 0.3 is 12.1 Å². The number of rotatable bonds is 1. The summed E-state index contributed by atoms with van der Waals surface area (Å²) in [5.41, 5.74) is 0.588. The Balaban J connectivity index is 0.000000181. The molecule has 1 aromatic carbocycles. The van der Waals surface area contributed by atoms with Crippen LogP contribution in [0.1, 0.15) is 17.3 Å². The van der Waals surface area contributed by atoms with Gasteiger partial charge in [0, 0.05) is 0 Å². The van der Waals surface area contributed by atoms with Crippen LogP contribution < -0.4 is 0 Å². The molecular weight excluding hydrogens is 224 g/mol. The van der Waals surface area contributed by atoms with Crippen LogP contribution in [0.4, 0.5) is 4.79 Å². The minimum atomic E-state index is -0.549. The van der Waals surface area contributed by atoms with Crippen molar-refractivity contribution in [2.75, 3.05) is 13.7 Å². The molecule has 0 aliphatic carbocycles. The van der Waals surface area contributed by atoms with Gasteiger partial charge in [-0.15, -0.1) is 0 Å². The lowest BCUT2D eigenvalue weighted by atomic mass is 10.2. The zero-order valence-electron chi connectivity index (χ0n) is 9.71. The highest BCUT2D eigenvalue weighted by molar-refractivity contribution is 5.89. The minimum Gasteiger partial charge on any atom is -0.465 e. The monoisotopic (exact) mass is 238 g/mol. The van der Waals surface area contributed by atoms with Gasteiger partial charge in [-0.25, -0.2) is 9.59 Å². The number of hydrogen-bond acceptors (Lipinski definition) is 5. The average Bonchev–Trinajstić information content (AvgIpc) is 2.74. The number of hydrogen-bond donors (Lipinski definition) is 0. The summed E-state index contributed by atoms with van der Waals surface area (Å²) in [6, 6.07) is 8.88.